The Morgan fingerprint density at radius 2 is 2.05 bits per heavy atom. The molecule has 1 aromatic rings. The van der Waals surface area contributed by atoms with E-state index in [1.54, 1.807) is 0 Å². The van der Waals surface area contributed by atoms with Crippen molar-refractivity contribution in [2.45, 2.75) is 20.0 Å². The molecule has 1 atom stereocenters. The van der Waals surface area contributed by atoms with Crippen molar-refractivity contribution in [1.29, 1.82) is 0 Å². The molecule has 1 unspecified atom stereocenters. The zero-order valence-corrected chi connectivity index (χ0v) is 12.9. The molecule has 1 aliphatic rings. The van der Waals surface area contributed by atoms with Crippen LogP contribution in [0.5, 0.6) is 0 Å². The fraction of sp³-hybridized carbons (Fsp3) is 0.562. The van der Waals surface area contributed by atoms with Crippen molar-refractivity contribution in [2.75, 3.05) is 32.8 Å². The third kappa shape index (κ3) is 5.03. The molecule has 2 rings (SSSR count). The van der Waals surface area contributed by atoms with Crippen LogP contribution < -0.4 is 5.32 Å². The van der Waals surface area contributed by atoms with Gasteiger partial charge in [-0.1, -0.05) is 13.8 Å². The molecule has 1 N–H and O–H groups in total. The van der Waals surface area contributed by atoms with Gasteiger partial charge in [0.15, 0.2) is 0 Å². The summed E-state index contributed by atoms with van der Waals surface area (Å²) in [6.07, 6.45) is -0.102. The van der Waals surface area contributed by atoms with Crippen LogP contribution in [0.3, 0.4) is 0 Å². The monoisotopic (exact) mass is 312 g/mol. The number of carbonyl (C=O) groups excluding carboxylic acids is 1. The summed E-state index contributed by atoms with van der Waals surface area (Å²) in [5.41, 5.74) is -0.0210. The van der Waals surface area contributed by atoms with Crippen LogP contribution in [0.15, 0.2) is 18.2 Å². The van der Waals surface area contributed by atoms with E-state index < -0.39 is 17.5 Å². The van der Waals surface area contributed by atoms with E-state index >= 15 is 0 Å². The highest BCUT2D eigenvalue weighted by molar-refractivity contribution is 5.94. The molecule has 122 valence electrons. The number of ether oxygens (including phenoxy) is 1. The molecule has 4 nitrogen and oxygen atoms in total. The van der Waals surface area contributed by atoms with Crippen molar-refractivity contribution in [2.24, 2.45) is 5.92 Å². The lowest BCUT2D eigenvalue weighted by Gasteiger charge is -2.33. The van der Waals surface area contributed by atoms with Crippen LogP contribution in [-0.2, 0) is 4.74 Å². The number of halogens is 2. The molecule has 1 aromatic carbocycles. The van der Waals surface area contributed by atoms with Crippen LogP contribution in [0.25, 0.3) is 0 Å². The average molecular weight is 312 g/mol. The number of carbonyl (C=O) groups is 1. The molecular weight excluding hydrogens is 290 g/mol. The standard InChI is InChI=1S/C16H22F2N2O2/c1-11(2)9-20-3-4-22-15(10-20)8-19-16(21)12-5-13(17)7-14(18)6-12/h5-7,11,15H,3-4,8-10H2,1-2H3,(H,19,21). The number of amides is 1. The number of hydrogen-bond acceptors (Lipinski definition) is 3. The van der Waals surface area contributed by atoms with Gasteiger partial charge in [0.25, 0.3) is 5.91 Å². The summed E-state index contributed by atoms with van der Waals surface area (Å²) >= 11 is 0. The van der Waals surface area contributed by atoms with Crippen molar-refractivity contribution in [3.05, 3.63) is 35.4 Å². The summed E-state index contributed by atoms with van der Waals surface area (Å²) in [6.45, 7) is 7.89. The minimum atomic E-state index is -0.762. The predicted molar refractivity (Wildman–Crippen MR) is 79.7 cm³/mol. The molecule has 1 saturated heterocycles. The summed E-state index contributed by atoms with van der Waals surface area (Å²) < 4.78 is 31.8. The van der Waals surface area contributed by atoms with Crippen molar-refractivity contribution in [1.82, 2.24) is 10.2 Å². The summed E-state index contributed by atoms with van der Waals surface area (Å²) in [5, 5.41) is 2.67. The third-order valence-electron chi connectivity index (χ3n) is 3.46. The molecule has 0 aromatic heterocycles. The molecule has 6 heteroatoms. The van der Waals surface area contributed by atoms with Gasteiger partial charge in [-0.25, -0.2) is 8.78 Å². The zero-order chi connectivity index (χ0) is 16.1. The molecule has 0 radical (unpaired) electrons. The van der Waals surface area contributed by atoms with E-state index in [1.165, 1.54) is 0 Å². The molecule has 1 heterocycles. The maximum atomic E-state index is 13.1. The Labute approximate surface area is 129 Å². The quantitative estimate of drug-likeness (QED) is 0.905. The first kappa shape index (κ1) is 16.8. The van der Waals surface area contributed by atoms with E-state index in [0.717, 1.165) is 37.8 Å². The Morgan fingerprint density at radius 3 is 2.68 bits per heavy atom. The van der Waals surface area contributed by atoms with Crippen LogP contribution in [-0.4, -0.2) is 49.7 Å². The Bertz CT molecular complexity index is 503. The lowest BCUT2D eigenvalue weighted by atomic mass is 10.1. The maximum Gasteiger partial charge on any atom is 0.251 e. The summed E-state index contributed by atoms with van der Waals surface area (Å²) in [4.78, 5) is 14.2. The lowest BCUT2D eigenvalue weighted by Crippen LogP contribution is -2.48. The number of nitrogens with zero attached hydrogens (tertiary/aromatic N) is 1. The predicted octanol–water partition coefficient (Wildman–Crippen LogP) is 2.05. The number of morpholine rings is 1. The van der Waals surface area contributed by atoms with Crippen LogP contribution in [0.4, 0.5) is 8.78 Å². The molecule has 1 fully saturated rings. The minimum Gasteiger partial charge on any atom is -0.374 e. The first-order valence-corrected chi connectivity index (χ1v) is 7.52. The Kier molecular flexibility index (Phi) is 5.85. The van der Waals surface area contributed by atoms with Crippen LogP contribution in [0.1, 0.15) is 24.2 Å². The van der Waals surface area contributed by atoms with Crippen molar-refractivity contribution in [3.63, 3.8) is 0 Å². The number of hydrogen-bond donors (Lipinski definition) is 1. The van der Waals surface area contributed by atoms with Gasteiger partial charge in [0.2, 0.25) is 0 Å². The van der Waals surface area contributed by atoms with Crippen LogP contribution >= 0.6 is 0 Å². The Morgan fingerprint density at radius 1 is 1.36 bits per heavy atom. The van der Waals surface area contributed by atoms with Crippen molar-refractivity contribution >= 4 is 5.91 Å². The SMILES string of the molecule is CC(C)CN1CCOC(CNC(=O)c2cc(F)cc(F)c2)C1. The fourth-order valence-electron chi connectivity index (χ4n) is 2.58. The number of nitrogens with one attached hydrogen (secondary N) is 1. The first-order chi connectivity index (χ1) is 10.4. The highest BCUT2D eigenvalue weighted by Crippen LogP contribution is 2.10. The second-order valence-corrected chi connectivity index (χ2v) is 6.01. The van der Waals surface area contributed by atoms with Gasteiger partial charge < -0.3 is 10.1 Å². The number of benzene rings is 1. The van der Waals surface area contributed by atoms with E-state index in [4.69, 9.17) is 4.74 Å². The minimum absolute atomic E-state index is 0.0210. The van der Waals surface area contributed by atoms with Gasteiger partial charge in [-0.2, -0.15) is 0 Å². The normalized spacial score (nSPS) is 19.4. The zero-order valence-electron chi connectivity index (χ0n) is 12.9. The van der Waals surface area contributed by atoms with E-state index in [-0.39, 0.29) is 11.7 Å². The van der Waals surface area contributed by atoms with E-state index in [0.29, 0.717) is 19.1 Å². The van der Waals surface area contributed by atoms with Gasteiger partial charge in [-0.15, -0.1) is 0 Å². The topological polar surface area (TPSA) is 41.6 Å². The molecule has 1 aliphatic heterocycles. The van der Waals surface area contributed by atoms with Gasteiger partial charge in [0.1, 0.15) is 11.6 Å². The summed E-state index contributed by atoms with van der Waals surface area (Å²) in [7, 11) is 0. The van der Waals surface area contributed by atoms with E-state index in [1.807, 2.05) is 0 Å². The summed E-state index contributed by atoms with van der Waals surface area (Å²) in [5.74, 6) is -1.45. The van der Waals surface area contributed by atoms with Gasteiger partial charge in [0.05, 0.1) is 12.7 Å². The average Bonchev–Trinajstić information content (AvgIpc) is 2.43. The third-order valence-corrected chi connectivity index (χ3v) is 3.46. The Balaban J connectivity index is 1.85. The largest absolute Gasteiger partial charge is 0.374 e. The second-order valence-electron chi connectivity index (χ2n) is 6.01. The highest BCUT2D eigenvalue weighted by atomic mass is 19.1. The molecule has 22 heavy (non-hydrogen) atoms. The van der Waals surface area contributed by atoms with Gasteiger partial charge >= 0.3 is 0 Å². The molecule has 0 aliphatic carbocycles. The molecule has 0 spiro atoms. The lowest BCUT2D eigenvalue weighted by molar-refractivity contribution is -0.0295. The van der Waals surface area contributed by atoms with Crippen LogP contribution in [0, 0.1) is 17.6 Å². The van der Waals surface area contributed by atoms with E-state index in [2.05, 4.69) is 24.1 Å². The maximum absolute atomic E-state index is 13.1. The van der Waals surface area contributed by atoms with Crippen molar-refractivity contribution in [3.8, 4) is 0 Å². The number of rotatable bonds is 5. The molecular formula is C16H22F2N2O2. The molecule has 0 saturated carbocycles. The van der Waals surface area contributed by atoms with Gasteiger partial charge in [-0.3, -0.25) is 9.69 Å². The molecule has 1 amide bonds. The fourth-order valence-corrected chi connectivity index (χ4v) is 2.58. The highest BCUT2D eigenvalue weighted by Gasteiger charge is 2.21. The Hall–Kier alpha value is -1.53. The second kappa shape index (κ2) is 7.65. The summed E-state index contributed by atoms with van der Waals surface area (Å²) in [6, 6.07) is 2.78. The van der Waals surface area contributed by atoms with Gasteiger partial charge in [0, 0.05) is 37.8 Å². The van der Waals surface area contributed by atoms with Gasteiger partial charge in [-0.05, 0) is 18.1 Å². The molecule has 0 bridgehead atoms. The first-order valence-electron chi connectivity index (χ1n) is 7.52. The van der Waals surface area contributed by atoms with E-state index in [9.17, 15) is 13.6 Å². The van der Waals surface area contributed by atoms with Crippen LogP contribution in [0.2, 0.25) is 0 Å². The van der Waals surface area contributed by atoms with Crippen molar-refractivity contribution < 1.29 is 18.3 Å². The smallest absolute Gasteiger partial charge is 0.251 e.